The van der Waals surface area contributed by atoms with E-state index in [1.165, 1.54) is 16.9 Å². The van der Waals surface area contributed by atoms with Crippen molar-refractivity contribution < 1.29 is 13.2 Å². The van der Waals surface area contributed by atoms with Gasteiger partial charge in [0.05, 0.1) is 20.9 Å². The van der Waals surface area contributed by atoms with Gasteiger partial charge in [-0.2, -0.15) is 4.31 Å². The maximum absolute atomic E-state index is 13.2. The molecule has 0 saturated heterocycles. The van der Waals surface area contributed by atoms with Gasteiger partial charge < -0.3 is 5.32 Å². The highest BCUT2D eigenvalue weighted by Crippen LogP contribution is 2.29. The molecule has 0 aliphatic carbocycles. The minimum Gasteiger partial charge on any atom is -0.301 e. The maximum Gasteiger partial charge on any atom is 0.243 e. The molecule has 1 amide bonds. The summed E-state index contributed by atoms with van der Waals surface area (Å²) in [4.78, 5) is 17.1. The molecule has 0 radical (unpaired) electrons. The number of nitrogens with one attached hydrogen (secondary N) is 1. The number of hydrogen-bond acceptors (Lipinski definition) is 6. The van der Waals surface area contributed by atoms with Crippen molar-refractivity contribution in [2.24, 2.45) is 0 Å². The van der Waals surface area contributed by atoms with Gasteiger partial charge in [-0.1, -0.05) is 68.4 Å². The van der Waals surface area contributed by atoms with Crippen LogP contribution in [0.5, 0.6) is 0 Å². The Balaban J connectivity index is 1.66. The van der Waals surface area contributed by atoms with Crippen LogP contribution in [0.15, 0.2) is 53.4 Å². The van der Waals surface area contributed by atoms with Crippen LogP contribution in [0, 0.1) is 0 Å². The molecule has 6 nitrogen and oxygen atoms in total. The number of sulfonamides is 1. The number of thioether (sulfide) groups is 1. The van der Waals surface area contributed by atoms with Crippen LogP contribution in [0.4, 0.5) is 5.13 Å². The van der Waals surface area contributed by atoms with Crippen LogP contribution in [-0.2, 0) is 20.6 Å². The molecule has 0 unspecified atom stereocenters. The molecule has 0 bridgehead atoms. The number of aromatic nitrogens is 1. The molecule has 3 rings (SSSR count). The number of carbonyl (C=O) groups excluding carboxylic acids is 1. The molecule has 0 aliphatic heterocycles. The smallest absolute Gasteiger partial charge is 0.243 e. The number of unbranched alkanes of at least 4 members (excludes halogenated alkanes) is 2. The van der Waals surface area contributed by atoms with Gasteiger partial charge in [0.15, 0.2) is 5.13 Å². The molecule has 1 heterocycles. The first-order valence-corrected chi connectivity index (χ1v) is 14.7. The van der Waals surface area contributed by atoms with E-state index < -0.39 is 10.0 Å². The van der Waals surface area contributed by atoms with Gasteiger partial charge in [-0.15, -0.1) is 11.8 Å². The molecule has 0 atom stereocenters. The van der Waals surface area contributed by atoms with E-state index in [4.69, 9.17) is 0 Å². The molecule has 178 valence electrons. The van der Waals surface area contributed by atoms with Crippen LogP contribution in [0.25, 0.3) is 10.2 Å². The molecule has 1 N–H and O–H groups in total. The van der Waals surface area contributed by atoms with E-state index in [1.54, 1.807) is 34.3 Å². The zero-order chi connectivity index (χ0) is 23.7. The Bertz CT molecular complexity index is 1140. The Morgan fingerprint density at radius 1 is 1.06 bits per heavy atom. The second-order valence-electron chi connectivity index (χ2n) is 7.79. The van der Waals surface area contributed by atoms with Crippen molar-refractivity contribution in [3.8, 4) is 0 Å². The number of amides is 1. The third kappa shape index (κ3) is 7.27. The lowest BCUT2D eigenvalue weighted by molar-refractivity contribution is -0.113. The molecule has 3 aromatic rings. The molecule has 0 saturated carbocycles. The number of rotatable bonds is 13. The highest BCUT2D eigenvalue weighted by Gasteiger charge is 2.24. The Morgan fingerprint density at radius 3 is 2.42 bits per heavy atom. The lowest BCUT2D eigenvalue weighted by Gasteiger charge is -2.21. The van der Waals surface area contributed by atoms with Crippen molar-refractivity contribution in [3.63, 3.8) is 0 Å². The van der Waals surface area contributed by atoms with E-state index in [9.17, 15) is 13.2 Å². The number of hydrogen-bond donors (Lipinski definition) is 1. The largest absolute Gasteiger partial charge is 0.301 e. The number of carbonyl (C=O) groups is 1. The lowest BCUT2D eigenvalue weighted by Crippen LogP contribution is -2.33. The van der Waals surface area contributed by atoms with Crippen LogP contribution in [0.3, 0.4) is 0 Å². The molecular weight excluding hydrogens is 474 g/mol. The van der Waals surface area contributed by atoms with E-state index in [0.29, 0.717) is 29.5 Å². The van der Waals surface area contributed by atoms with E-state index in [0.717, 1.165) is 36.1 Å². The maximum atomic E-state index is 13.2. The van der Waals surface area contributed by atoms with Crippen LogP contribution in [0.1, 0.15) is 45.1 Å². The Labute approximate surface area is 204 Å². The first-order valence-electron chi connectivity index (χ1n) is 11.3. The van der Waals surface area contributed by atoms with E-state index in [-0.39, 0.29) is 10.8 Å². The van der Waals surface area contributed by atoms with Gasteiger partial charge in [0.2, 0.25) is 15.9 Å². The zero-order valence-electron chi connectivity index (χ0n) is 19.1. The van der Waals surface area contributed by atoms with Crippen molar-refractivity contribution in [1.29, 1.82) is 0 Å². The molecular formula is C24H31N3O3S3. The van der Waals surface area contributed by atoms with Gasteiger partial charge in [-0.3, -0.25) is 4.79 Å². The quantitative estimate of drug-likeness (QED) is 0.319. The van der Waals surface area contributed by atoms with Gasteiger partial charge >= 0.3 is 0 Å². The number of benzene rings is 2. The molecule has 9 heteroatoms. The summed E-state index contributed by atoms with van der Waals surface area (Å²) in [6.07, 6.45) is 3.56. The van der Waals surface area contributed by atoms with Crippen LogP contribution in [-0.4, -0.2) is 42.5 Å². The van der Waals surface area contributed by atoms with Crippen molar-refractivity contribution in [1.82, 2.24) is 9.29 Å². The molecule has 0 spiro atoms. The minimum atomic E-state index is -3.57. The Kier molecular flexibility index (Phi) is 9.73. The van der Waals surface area contributed by atoms with Gasteiger partial charge in [0, 0.05) is 18.8 Å². The average Bonchev–Trinajstić information content (AvgIpc) is 3.21. The van der Waals surface area contributed by atoms with Gasteiger partial charge in [0.25, 0.3) is 0 Å². The van der Waals surface area contributed by atoms with Crippen LogP contribution >= 0.6 is 23.1 Å². The fraction of sp³-hybridized carbons (Fsp3) is 0.417. The monoisotopic (exact) mass is 505 g/mol. The summed E-state index contributed by atoms with van der Waals surface area (Å²) in [5, 5.41) is 3.33. The minimum absolute atomic E-state index is 0.117. The lowest BCUT2D eigenvalue weighted by atomic mass is 10.2. The normalized spacial score (nSPS) is 11.8. The number of anilines is 1. The average molecular weight is 506 g/mol. The summed E-state index contributed by atoms with van der Waals surface area (Å²) in [7, 11) is -3.57. The van der Waals surface area contributed by atoms with Gasteiger partial charge in [0.1, 0.15) is 0 Å². The van der Waals surface area contributed by atoms with Crippen molar-refractivity contribution in [2.75, 3.05) is 24.2 Å². The standard InChI is InChI=1S/C24H31N3O3S3/c1-3-5-14-27(15-6-4-2)33(29,30)20-12-13-21-22(16-20)32-24(25-21)26-23(28)18-31-17-19-10-8-7-9-11-19/h7-13,16H,3-6,14-15,17-18H2,1-2H3,(H,25,26,28). The van der Waals surface area contributed by atoms with E-state index >= 15 is 0 Å². The van der Waals surface area contributed by atoms with Crippen LogP contribution < -0.4 is 5.32 Å². The number of nitrogens with zero attached hydrogens (tertiary/aromatic N) is 2. The van der Waals surface area contributed by atoms with E-state index in [1.807, 2.05) is 30.3 Å². The SMILES string of the molecule is CCCCN(CCCC)S(=O)(=O)c1ccc2nc(NC(=O)CSCc3ccccc3)sc2c1. The second-order valence-corrected chi connectivity index (χ2v) is 11.7. The van der Waals surface area contributed by atoms with Crippen molar-refractivity contribution in [3.05, 3.63) is 54.1 Å². The third-order valence-electron chi connectivity index (χ3n) is 5.11. The topological polar surface area (TPSA) is 79.4 Å². The summed E-state index contributed by atoms with van der Waals surface area (Å²) >= 11 is 2.84. The third-order valence-corrected chi connectivity index (χ3v) is 8.94. The highest BCUT2D eigenvalue weighted by atomic mass is 32.2. The van der Waals surface area contributed by atoms with Crippen molar-refractivity contribution in [2.45, 2.75) is 50.2 Å². The Hall–Kier alpha value is -1.94. The summed E-state index contributed by atoms with van der Waals surface area (Å²) in [6.45, 7) is 5.18. The molecule has 1 aromatic heterocycles. The number of fused-ring (bicyclic) bond motifs is 1. The molecule has 33 heavy (non-hydrogen) atoms. The summed E-state index contributed by atoms with van der Waals surface area (Å²) in [6, 6.07) is 15.0. The fourth-order valence-electron chi connectivity index (χ4n) is 3.28. The summed E-state index contributed by atoms with van der Waals surface area (Å²) in [5.74, 6) is 0.976. The summed E-state index contributed by atoms with van der Waals surface area (Å²) < 4.78 is 28.8. The van der Waals surface area contributed by atoms with Crippen LogP contribution in [0.2, 0.25) is 0 Å². The summed E-state index contributed by atoms with van der Waals surface area (Å²) in [5.41, 5.74) is 1.86. The predicted octanol–water partition coefficient (Wildman–Crippen LogP) is 5.76. The molecule has 0 aliphatic rings. The first-order chi connectivity index (χ1) is 15.9. The molecule has 2 aromatic carbocycles. The van der Waals surface area contributed by atoms with Crippen molar-refractivity contribution >= 4 is 54.4 Å². The zero-order valence-corrected chi connectivity index (χ0v) is 21.6. The fourth-order valence-corrected chi connectivity index (χ4v) is 6.61. The second kappa shape index (κ2) is 12.5. The predicted molar refractivity (Wildman–Crippen MR) is 139 cm³/mol. The Morgan fingerprint density at radius 2 is 1.76 bits per heavy atom. The van der Waals surface area contributed by atoms with Gasteiger partial charge in [-0.25, -0.2) is 13.4 Å². The highest BCUT2D eigenvalue weighted by molar-refractivity contribution is 7.99. The molecule has 0 fully saturated rings. The van der Waals surface area contributed by atoms with E-state index in [2.05, 4.69) is 24.1 Å². The number of thiazole rings is 1. The first kappa shape index (κ1) is 25.7. The van der Waals surface area contributed by atoms with Gasteiger partial charge in [-0.05, 0) is 36.6 Å².